The Kier molecular flexibility index (Phi) is 8.76. The van der Waals surface area contributed by atoms with E-state index in [0.29, 0.717) is 43.7 Å². The van der Waals surface area contributed by atoms with Crippen molar-refractivity contribution in [1.29, 1.82) is 0 Å². The lowest BCUT2D eigenvalue weighted by Crippen LogP contribution is -2.64. The number of aliphatic carboxylic acids is 1. The number of carboxylic acid groups (broad SMARTS) is 1. The van der Waals surface area contributed by atoms with Crippen LogP contribution in [0.1, 0.15) is 131 Å². The molecule has 0 saturated heterocycles. The Morgan fingerprint density at radius 1 is 0.920 bits per heavy atom. The van der Waals surface area contributed by atoms with Gasteiger partial charge in [-0.2, -0.15) is 0 Å². The molecule has 274 valence electrons. The molecule has 2 aromatic rings. The lowest BCUT2D eigenvalue weighted by Gasteiger charge is -2.71. The van der Waals surface area contributed by atoms with Gasteiger partial charge in [-0.25, -0.2) is 0 Å². The average Bonchev–Trinajstić information content (AvgIpc) is 3.42. The Bertz CT molecular complexity index is 1690. The Morgan fingerprint density at radius 3 is 2.42 bits per heavy atom. The number of carbonyl (C=O) groups excluding carboxylic acids is 1. The summed E-state index contributed by atoms with van der Waals surface area (Å²) < 4.78 is 8.33. The van der Waals surface area contributed by atoms with Gasteiger partial charge in [0, 0.05) is 17.8 Å². The predicted octanol–water partition coefficient (Wildman–Crippen LogP) is 9.75. The fourth-order valence-electron chi connectivity index (χ4n) is 13.1. The summed E-state index contributed by atoms with van der Waals surface area (Å²) in [6.45, 7) is 18.2. The Morgan fingerprint density at radius 2 is 1.66 bits per heavy atom. The third kappa shape index (κ3) is 5.35. The van der Waals surface area contributed by atoms with E-state index in [2.05, 4.69) is 77.3 Å². The number of ether oxygens (including phenoxy) is 1. The molecular formula is C44H63NO5. The number of carbonyl (C=O) groups is 2. The van der Waals surface area contributed by atoms with Crippen molar-refractivity contribution < 1.29 is 24.5 Å². The summed E-state index contributed by atoms with van der Waals surface area (Å²) in [5.41, 5.74) is 4.00. The van der Waals surface area contributed by atoms with Crippen molar-refractivity contribution in [2.75, 3.05) is 6.61 Å². The van der Waals surface area contributed by atoms with E-state index < -0.39 is 11.4 Å². The predicted molar refractivity (Wildman–Crippen MR) is 199 cm³/mol. The minimum atomic E-state index is -0.792. The maximum absolute atomic E-state index is 14.0. The number of rotatable bonds is 8. The fraction of sp³-hybridized carbons (Fsp3) is 0.727. The van der Waals surface area contributed by atoms with Gasteiger partial charge in [0.15, 0.2) is 0 Å². The largest absolute Gasteiger partial charge is 0.481 e. The quantitative estimate of drug-likeness (QED) is 0.164. The first-order valence-corrected chi connectivity index (χ1v) is 19.8. The molecule has 0 radical (unpaired) electrons. The van der Waals surface area contributed by atoms with E-state index in [1.54, 1.807) is 5.57 Å². The molecule has 6 nitrogen and oxygen atoms in total. The molecule has 4 saturated carbocycles. The smallest absolute Gasteiger partial charge is 0.311 e. The first kappa shape index (κ1) is 35.8. The van der Waals surface area contributed by atoms with Gasteiger partial charge in [-0.05, 0) is 146 Å². The van der Waals surface area contributed by atoms with Crippen LogP contribution in [0.4, 0.5) is 0 Å². The molecule has 6 heteroatoms. The van der Waals surface area contributed by atoms with Gasteiger partial charge in [0.05, 0.1) is 24.5 Å². The zero-order valence-electron chi connectivity index (χ0n) is 31.9. The zero-order chi connectivity index (χ0) is 35.9. The van der Waals surface area contributed by atoms with Crippen molar-refractivity contribution in [2.45, 2.75) is 145 Å². The number of aryl methyl sites for hydroxylation is 2. The fourth-order valence-corrected chi connectivity index (χ4v) is 13.1. The molecule has 50 heavy (non-hydrogen) atoms. The molecule has 5 aliphatic rings. The third-order valence-electron chi connectivity index (χ3n) is 16.6. The van der Waals surface area contributed by atoms with Crippen LogP contribution in [-0.2, 0) is 27.3 Å². The molecular weight excluding hydrogens is 622 g/mol. The molecule has 0 amide bonds. The summed E-state index contributed by atoms with van der Waals surface area (Å²) >= 11 is 0. The van der Waals surface area contributed by atoms with Gasteiger partial charge in [-0.15, -0.1) is 0 Å². The van der Waals surface area contributed by atoms with Crippen molar-refractivity contribution in [3.05, 3.63) is 47.7 Å². The minimum Gasteiger partial charge on any atom is -0.481 e. The van der Waals surface area contributed by atoms with Crippen molar-refractivity contribution in [1.82, 2.24) is 4.57 Å². The van der Waals surface area contributed by atoms with Crippen molar-refractivity contribution in [3.8, 4) is 0 Å². The first-order valence-electron chi connectivity index (χ1n) is 19.8. The number of carboxylic acids is 1. The van der Waals surface area contributed by atoms with Crippen LogP contribution in [0.3, 0.4) is 0 Å². The first-order chi connectivity index (χ1) is 23.5. The van der Waals surface area contributed by atoms with Gasteiger partial charge < -0.3 is 19.5 Å². The number of aliphatic hydroxyl groups excluding tert-OH is 1. The van der Waals surface area contributed by atoms with Gasteiger partial charge in [-0.1, -0.05) is 71.4 Å². The van der Waals surface area contributed by atoms with E-state index >= 15 is 0 Å². The molecule has 5 aliphatic carbocycles. The number of esters is 1. The summed E-state index contributed by atoms with van der Waals surface area (Å²) in [4.78, 5) is 25.3. The third-order valence-corrected chi connectivity index (χ3v) is 16.6. The molecule has 4 fully saturated rings. The summed E-state index contributed by atoms with van der Waals surface area (Å²) in [5.74, 6) is 0.708. The van der Waals surface area contributed by atoms with Crippen molar-refractivity contribution in [2.24, 2.45) is 50.2 Å². The second kappa shape index (κ2) is 12.2. The van der Waals surface area contributed by atoms with Crippen LogP contribution in [0.15, 0.2) is 42.0 Å². The monoisotopic (exact) mass is 685 g/mol. The molecule has 0 aliphatic heterocycles. The molecule has 0 spiro atoms. The Labute approximate surface area is 300 Å². The lowest BCUT2D eigenvalue weighted by atomic mass is 9.33. The Hall–Kier alpha value is -2.60. The van der Waals surface area contributed by atoms with Gasteiger partial charge in [0.2, 0.25) is 0 Å². The summed E-state index contributed by atoms with van der Waals surface area (Å²) in [6, 6.07) is 10.3. The second-order valence-electron chi connectivity index (χ2n) is 19.4. The van der Waals surface area contributed by atoms with Gasteiger partial charge in [0.1, 0.15) is 0 Å². The zero-order valence-corrected chi connectivity index (χ0v) is 31.9. The molecule has 1 aromatic heterocycles. The summed E-state index contributed by atoms with van der Waals surface area (Å²) in [6.07, 6.45) is 14.6. The maximum atomic E-state index is 14.0. The highest BCUT2D eigenvalue weighted by Gasteiger charge is 2.68. The van der Waals surface area contributed by atoms with E-state index in [0.717, 1.165) is 55.1 Å². The van der Waals surface area contributed by atoms with E-state index in [-0.39, 0.29) is 45.6 Å². The normalized spacial score (nSPS) is 40.5. The molecule has 0 unspecified atom stereocenters. The molecule has 1 heterocycles. The van der Waals surface area contributed by atoms with Gasteiger partial charge in [-0.3, -0.25) is 9.59 Å². The minimum absolute atomic E-state index is 0.0474. The van der Waals surface area contributed by atoms with Crippen LogP contribution in [0.25, 0.3) is 10.9 Å². The number of hydrogen-bond donors (Lipinski definition) is 2. The second-order valence-corrected chi connectivity index (χ2v) is 19.4. The van der Waals surface area contributed by atoms with Crippen LogP contribution in [0.5, 0.6) is 0 Å². The van der Waals surface area contributed by atoms with Gasteiger partial charge in [0.25, 0.3) is 0 Å². The van der Waals surface area contributed by atoms with E-state index in [4.69, 9.17) is 4.74 Å². The number of fused-ring (bicyclic) bond motifs is 8. The Balaban J connectivity index is 1.07. The SMILES string of the molecule is CC1(C)[C@@H](O)CC[C@]2(C)[C@H]3CC=C4[C@@H]5C[C@@](C)(C(=O)OCCCn6c(CCC(=O)O)cc7ccccc76)CC[C@]5(C)CC[C@@]4(C)[C@]3(C)CC[C@@H]12. The highest BCUT2D eigenvalue weighted by atomic mass is 16.5. The molecule has 1 aromatic carbocycles. The van der Waals surface area contributed by atoms with Crippen LogP contribution >= 0.6 is 0 Å². The summed E-state index contributed by atoms with van der Waals surface area (Å²) in [5, 5.41) is 21.5. The maximum Gasteiger partial charge on any atom is 0.311 e. The number of aromatic nitrogens is 1. The van der Waals surface area contributed by atoms with Crippen LogP contribution in [-0.4, -0.2) is 39.4 Å². The van der Waals surface area contributed by atoms with Gasteiger partial charge >= 0.3 is 11.9 Å². The molecule has 0 bridgehead atoms. The van der Waals surface area contributed by atoms with Crippen molar-refractivity contribution >= 4 is 22.8 Å². The molecule has 7 rings (SSSR count). The standard InChI is InChI=1S/C44H63NO5/c1-39(2)34-17-20-44(7)35(42(34,5)19-18-36(39)46)15-14-31-32-28-41(4,22-21-40(32,3)23-24-43(31,44)6)38(49)50-26-10-25-45-30(13-16-37(47)48)27-29-11-8-9-12-33(29)45/h8-9,11-12,14,27,32,34-36,46H,10,13,15-26,28H2,1-7H3,(H,47,48)/t32-,34-,35+,36-,40+,41-,42-,43+,44+/m0/s1. The number of benzene rings is 1. The van der Waals surface area contributed by atoms with Crippen LogP contribution in [0, 0.1) is 50.2 Å². The highest BCUT2D eigenvalue weighted by molar-refractivity contribution is 5.81. The van der Waals surface area contributed by atoms with E-state index in [1.807, 2.05) is 12.1 Å². The highest BCUT2D eigenvalue weighted by Crippen LogP contribution is 2.75. The number of para-hydroxylation sites is 1. The lowest BCUT2D eigenvalue weighted by molar-refractivity contribution is -0.203. The topological polar surface area (TPSA) is 88.8 Å². The molecule has 2 N–H and O–H groups in total. The van der Waals surface area contributed by atoms with Crippen LogP contribution in [0.2, 0.25) is 0 Å². The van der Waals surface area contributed by atoms with E-state index in [1.165, 1.54) is 25.7 Å². The van der Waals surface area contributed by atoms with Crippen LogP contribution < -0.4 is 0 Å². The summed E-state index contributed by atoms with van der Waals surface area (Å²) in [7, 11) is 0. The average molecular weight is 686 g/mol. The molecule has 9 atom stereocenters. The number of allylic oxidation sites excluding steroid dienone is 2. The number of hydrogen-bond acceptors (Lipinski definition) is 4. The van der Waals surface area contributed by atoms with Crippen molar-refractivity contribution in [3.63, 3.8) is 0 Å². The van der Waals surface area contributed by atoms with E-state index in [9.17, 15) is 19.8 Å². The number of aliphatic hydroxyl groups is 1. The number of nitrogens with zero attached hydrogens (tertiary/aromatic N) is 1.